The fourth-order valence-corrected chi connectivity index (χ4v) is 5.00. The third-order valence-corrected chi connectivity index (χ3v) is 6.74. The largest absolute Gasteiger partial charge is 0.438 e. The molecule has 0 fully saturated rings. The number of anilines is 2. The minimum absolute atomic E-state index is 0.276. The van der Waals surface area contributed by atoms with Crippen molar-refractivity contribution in [2.45, 2.75) is 13.5 Å². The summed E-state index contributed by atoms with van der Waals surface area (Å²) in [5.74, 6) is 1.27. The summed E-state index contributed by atoms with van der Waals surface area (Å²) in [5, 5.41) is 17.3. The second-order valence-electron chi connectivity index (χ2n) is 9.12. The monoisotopic (exact) mass is 513 g/mol. The molecular weight excluding hydrogens is 490 g/mol. The van der Waals surface area contributed by atoms with E-state index in [0.717, 1.165) is 44.7 Å². The first-order valence-electron chi connectivity index (χ1n) is 12.3. The molecule has 4 heterocycles. The number of rotatable bonds is 5. The Hall–Kier alpha value is -5.49. The summed E-state index contributed by atoms with van der Waals surface area (Å²) in [6, 6.07) is 19.2. The maximum atomic E-state index is 11.8. The molecular formula is C30H23N7O2. The van der Waals surface area contributed by atoms with E-state index in [2.05, 4.69) is 38.2 Å². The smallest absolute Gasteiger partial charge is 0.247 e. The number of fused-ring (bicyclic) bond motifs is 2. The third kappa shape index (κ3) is 4.04. The summed E-state index contributed by atoms with van der Waals surface area (Å²) in [6.07, 6.45) is 2.76. The Balaban J connectivity index is 1.54. The van der Waals surface area contributed by atoms with Crippen LogP contribution in [0.3, 0.4) is 0 Å². The minimum atomic E-state index is -0.276. The first-order chi connectivity index (χ1) is 19.0. The number of aryl methyl sites for hydroxylation is 2. The normalized spacial score (nSPS) is 11.6. The molecule has 0 saturated heterocycles. The van der Waals surface area contributed by atoms with Crippen LogP contribution in [0.5, 0.6) is 11.6 Å². The van der Waals surface area contributed by atoms with Gasteiger partial charge in [-0.2, -0.15) is 5.26 Å². The molecule has 0 unspecified atom stereocenters. The molecule has 0 atom stereocenters. The number of amides is 1. The maximum absolute atomic E-state index is 11.8. The highest BCUT2D eigenvalue weighted by molar-refractivity contribution is 6.10. The van der Waals surface area contributed by atoms with Crippen LogP contribution in [-0.2, 0) is 18.4 Å². The van der Waals surface area contributed by atoms with Crippen LogP contribution in [0, 0.1) is 18.3 Å². The van der Waals surface area contributed by atoms with Crippen molar-refractivity contribution in [2.75, 3.05) is 10.6 Å². The fourth-order valence-electron chi connectivity index (χ4n) is 5.00. The summed E-state index contributed by atoms with van der Waals surface area (Å²) in [6.45, 7) is 5.77. The third-order valence-electron chi connectivity index (χ3n) is 6.74. The fraction of sp³-hybridized carbons (Fsp3) is 0.100. The van der Waals surface area contributed by atoms with E-state index < -0.39 is 0 Å². The van der Waals surface area contributed by atoms with Gasteiger partial charge in [-0.25, -0.2) is 15.0 Å². The lowest BCUT2D eigenvalue weighted by Gasteiger charge is -2.16. The molecule has 3 aromatic heterocycles. The van der Waals surface area contributed by atoms with Gasteiger partial charge < -0.3 is 19.9 Å². The average molecular weight is 514 g/mol. The number of nitrogens with zero attached hydrogens (tertiary/aromatic N) is 5. The lowest BCUT2D eigenvalue weighted by Crippen LogP contribution is -2.07. The number of nitriles is 1. The zero-order valence-electron chi connectivity index (χ0n) is 21.3. The van der Waals surface area contributed by atoms with Crippen molar-refractivity contribution < 1.29 is 9.53 Å². The second kappa shape index (κ2) is 9.43. The van der Waals surface area contributed by atoms with E-state index in [1.807, 2.05) is 67.1 Å². The molecule has 1 aliphatic rings. The highest BCUT2D eigenvalue weighted by Gasteiger charge is 2.28. The average Bonchev–Trinajstić information content (AvgIpc) is 3.14. The molecule has 190 valence electrons. The van der Waals surface area contributed by atoms with Gasteiger partial charge in [0.05, 0.1) is 11.1 Å². The van der Waals surface area contributed by atoms with Crippen LogP contribution in [-0.4, -0.2) is 25.4 Å². The van der Waals surface area contributed by atoms with Gasteiger partial charge in [0.25, 0.3) is 0 Å². The minimum Gasteiger partial charge on any atom is -0.438 e. The molecule has 2 N–H and O–H groups in total. The first-order valence-corrected chi connectivity index (χ1v) is 12.3. The zero-order valence-corrected chi connectivity index (χ0v) is 21.3. The van der Waals surface area contributed by atoms with Crippen molar-refractivity contribution in [3.05, 3.63) is 90.4 Å². The number of hydrogen-bond acceptors (Lipinski definition) is 7. The molecule has 0 saturated carbocycles. The van der Waals surface area contributed by atoms with Crippen molar-refractivity contribution in [2.24, 2.45) is 7.05 Å². The van der Waals surface area contributed by atoms with E-state index in [1.54, 1.807) is 6.07 Å². The van der Waals surface area contributed by atoms with E-state index in [-0.39, 0.29) is 5.91 Å². The summed E-state index contributed by atoms with van der Waals surface area (Å²) >= 11 is 0. The standard InChI is InChI=1S/C30H23N7O2/c1-4-24(38)36-19-10-8-18(9-11-19)28-26-20-12-13-23(39-25-7-5-6-17(2)35-25)21(14-31)22(20)15-32-29-27(26)30(37(28)3)34-16-33-29/h4-13,16H,1,15H2,2-3H3,(H,36,38)(H,32,33,34). The lowest BCUT2D eigenvalue weighted by atomic mass is 9.92. The zero-order chi connectivity index (χ0) is 27.1. The van der Waals surface area contributed by atoms with Gasteiger partial charge >= 0.3 is 0 Å². The topological polar surface area (TPSA) is 118 Å². The van der Waals surface area contributed by atoms with Crippen molar-refractivity contribution >= 4 is 28.4 Å². The SMILES string of the molecule is C=CC(=O)Nc1ccc(-c2c3c4c(ncnc4n2C)NCc2c-3ccc(Oc3cccc(C)n3)c2C#N)cc1. The Morgan fingerprint density at radius 3 is 2.74 bits per heavy atom. The molecule has 0 bridgehead atoms. The van der Waals surface area contributed by atoms with Crippen LogP contribution in [0.25, 0.3) is 33.4 Å². The maximum Gasteiger partial charge on any atom is 0.247 e. The molecule has 6 rings (SSSR count). The number of carbonyl (C=O) groups is 1. The van der Waals surface area contributed by atoms with Crippen molar-refractivity contribution in [3.8, 4) is 40.1 Å². The van der Waals surface area contributed by atoms with Crippen LogP contribution >= 0.6 is 0 Å². The van der Waals surface area contributed by atoms with Gasteiger partial charge in [0, 0.05) is 42.2 Å². The van der Waals surface area contributed by atoms with Crippen LogP contribution in [0.4, 0.5) is 11.5 Å². The van der Waals surface area contributed by atoms with Crippen LogP contribution in [0.1, 0.15) is 16.8 Å². The Bertz CT molecular complexity index is 1830. The molecule has 9 nitrogen and oxygen atoms in total. The lowest BCUT2D eigenvalue weighted by molar-refractivity contribution is -0.111. The Morgan fingerprint density at radius 2 is 2.00 bits per heavy atom. The predicted octanol–water partition coefficient (Wildman–Crippen LogP) is 5.72. The van der Waals surface area contributed by atoms with Gasteiger partial charge in [-0.05, 0) is 48.4 Å². The Labute approximate surface area is 224 Å². The highest BCUT2D eigenvalue weighted by Crippen LogP contribution is 2.47. The molecule has 0 radical (unpaired) electrons. The number of aromatic nitrogens is 4. The number of ether oxygens (including phenoxy) is 1. The van der Waals surface area contributed by atoms with Crippen molar-refractivity contribution in [1.29, 1.82) is 5.26 Å². The molecule has 2 aromatic carbocycles. The summed E-state index contributed by atoms with van der Waals surface area (Å²) < 4.78 is 8.10. The summed E-state index contributed by atoms with van der Waals surface area (Å²) in [4.78, 5) is 25.3. The van der Waals surface area contributed by atoms with E-state index >= 15 is 0 Å². The quantitative estimate of drug-likeness (QED) is 0.289. The van der Waals surface area contributed by atoms with E-state index in [1.165, 1.54) is 12.4 Å². The van der Waals surface area contributed by atoms with Crippen molar-refractivity contribution in [1.82, 2.24) is 19.5 Å². The first kappa shape index (κ1) is 23.9. The van der Waals surface area contributed by atoms with E-state index in [4.69, 9.17) is 4.74 Å². The van der Waals surface area contributed by atoms with Gasteiger partial charge in [-0.1, -0.05) is 30.8 Å². The molecule has 39 heavy (non-hydrogen) atoms. The van der Waals surface area contributed by atoms with Gasteiger partial charge in [-0.3, -0.25) is 4.79 Å². The Morgan fingerprint density at radius 1 is 1.18 bits per heavy atom. The molecule has 9 heteroatoms. The van der Waals surface area contributed by atoms with E-state index in [9.17, 15) is 10.1 Å². The Kier molecular flexibility index (Phi) is 5.77. The number of nitrogens with one attached hydrogen (secondary N) is 2. The van der Waals surface area contributed by atoms with Crippen LogP contribution in [0.15, 0.2) is 73.6 Å². The van der Waals surface area contributed by atoms with Gasteiger partial charge in [0.15, 0.2) is 0 Å². The highest BCUT2D eigenvalue weighted by atomic mass is 16.5. The second-order valence-corrected chi connectivity index (χ2v) is 9.12. The molecule has 0 aliphatic carbocycles. The number of hydrogen-bond donors (Lipinski definition) is 2. The van der Waals surface area contributed by atoms with Crippen LogP contribution < -0.4 is 15.4 Å². The molecule has 1 aliphatic heterocycles. The number of pyridine rings is 1. The van der Waals surface area contributed by atoms with Gasteiger partial charge in [0.2, 0.25) is 11.8 Å². The van der Waals surface area contributed by atoms with Crippen LogP contribution in [0.2, 0.25) is 0 Å². The number of benzene rings is 2. The summed E-state index contributed by atoms with van der Waals surface area (Å²) in [7, 11) is 1.96. The summed E-state index contributed by atoms with van der Waals surface area (Å²) in [5.41, 5.74) is 7.11. The van der Waals surface area contributed by atoms with Gasteiger partial charge in [0.1, 0.15) is 35.2 Å². The predicted molar refractivity (Wildman–Crippen MR) is 149 cm³/mol. The van der Waals surface area contributed by atoms with Gasteiger partial charge in [-0.15, -0.1) is 0 Å². The number of carbonyl (C=O) groups excluding carboxylic acids is 1. The van der Waals surface area contributed by atoms with E-state index in [0.29, 0.717) is 35.2 Å². The van der Waals surface area contributed by atoms with Crippen molar-refractivity contribution in [3.63, 3.8) is 0 Å². The molecule has 0 spiro atoms. The molecule has 5 aromatic rings. The molecule has 1 amide bonds.